The van der Waals surface area contributed by atoms with Crippen LogP contribution < -0.4 is 16.0 Å². The molecule has 0 aliphatic rings. The van der Waals surface area contributed by atoms with E-state index in [4.69, 9.17) is 12.2 Å². The maximum atomic E-state index is 12.9. The molecule has 4 N–H and O–H groups in total. The van der Waals surface area contributed by atoms with Crippen molar-refractivity contribution in [3.63, 3.8) is 0 Å². The quantitative estimate of drug-likeness (QED) is 0.282. The maximum Gasteiger partial charge on any atom is 0.323 e. The molecule has 4 rings (SSSR count). The van der Waals surface area contributed by atoms with Gasteiger partial charge in [-0.1, -0.05) is 30.3 Å². The molecule has 1 atom stereocenters. The van der Waals surface area contributed by atoms with Gasteiger partial charge in [0.2, 0.25) is 5.91 Å². The maximum absolute atomic E-state index is 12.9. The average Bonchev–Trinajstić information content (AvgIpc) is 3.43. The molecule has 0 aliphatic heterocycles. The Hall–Kier alpha value is -3.76. The molecule has 0 fully saturated rings. The van der Waals surface area contributed by atoms with Crippen LogP contribution in [0.5, 0.6) is 0 Å². The van der Waals surface area contributed by atoms with Crippen molar-refractivity contribution >= 4 is 52.6 Å². The smallest absolute Gasteiger partial charge is 0.323 e. The van der Waals surface area contributed by atoms with Crippen LogP contribution in [0.1, 0.15) is 13.0 Å². The van der Waals surface area contributed by atoms with Crippen molar-refractivity contribution in [2.75, 3.05) is 16.0 Å². The molecule has 162 valence electrons. The molecule has 3 amide bonds. The Labute approximate surface area is 193 Å². The second kappa shape index (κ2) is 9.58. The third kappa shape index (κ3) is 4.93. The van der Waals surface area contributed by atoms with Gasteiger partial charge in [0, 0.05) is 17.1 Å². The fourth-order valence-corrected chi connectivity index (χ4v) is 4.10. The number of nitrogens with one attached hydrogen (secondary N) is 4. The molecule has 0 spiro atoms. The summed E-state index contributed by atoms with van der Waals surface area (Å²) >= 11 is 6.86. The van der Waals surface area contributed by atoms with Crippen molar-refractivity contribution < 1.29 is 9.59 Å². The number of benzene rings is 2. The van der Waals surface area contributed by atoms with E-state index in [-0.39, 0.29) is 11.9 Å². The standard InChI is InChI=1S/C22H20N6O2S2/c1-14(28-19(26-27-22(28)31)18-11-6-12-32-18)20(29)23-16-9-5-10-17(13-16)25-21(30)24-15-7-3-2-4-8-15/h2-14H,1H3,(H,23,29)(H,27,31)(H2,24,25,30). The van der Waals surface area contributed by atoms with Gasteiger partial charge in [0.05, 0.1) is 4.88 Å². The van der Waals surface area contributed by atoms with Gasteiger partial charge in [-0.3, -0.25) is 14.5 Å². The van der Waals surface area contributed by atoms with Gasteiger partial charge in [0.1, 0.15) is 6.04 Å². The number of hydrogen-bond donors (Lipinski definition) is 4. The van der Waals surface area contributed by atoms with Gasteiger partial charge >= 0.3 is 6.03 Å². The number of thiophene rings is 1. The van der Waals surface area contributed by atoms with Crippen molar-refractivity contribution in [3.8, 4) is 10.7 Å². The number of carbonyl (C=O) groups excluding carboxylic acids is 2. The van der Waals surface area contributed by atoms with E-state index in [0.29, 0.717) is 27.7 Å². The lowest BCUT2D eigenvalue weighted by atomic mass is 10.2. The summed E-state index contributed by atoms with van der Waals surface area (Å²) in [5, 5.41) is 17.4. The van der Waals surface area contributed by atoms with E-state index in [2.05, 4.69) is 26.1 Å². The Morgan fingerprint density at radius 1 is 0.969 bits per heavy atom. The molecule has 8 nitrogen and oxygen atoms in total. The number of urea groups is 1. The van der Waals surface area contributed by atoms with E-state index >= 15 is 0 Å². The van der Waals surface area contributed by atoms with Crippen LogP contribution in [-0.4, -0.2) is 26.7 Å². The third-order valence-corrected chi connectivity index (χ3v) is 5.79. The number of rotatable bonds is 6. The number of para-hydroxylation sites is 1. The zero-order valence-electron chi connectivity index (χ0n) is 17.0. The Morgan fingerprint density at radius 3 is 2.38 bits per heavy atom. The highest BCUT2D eigenvalue weighted by molar-refractivity contribution is 7.71. The highest BCUT2D eigenvalue weighted by atomic mass is 32.1. The number of nitrogens with zero attached hydrogens (tertiary/aromatic N) is 2. The van der Waals surface area contributed by atoms with Gasteiger partial charge in [-0.25, -0.2) is 4.79 Å². The molecule has 4 aromatic rings. The number of aromatic nitrogens is 3. The summed E-state index contributed by atoms with van der Waals surface area (Å²) in [7, 11) is 0. The van der Waals surface area contributed by atoms with E-state index in [1.54, 1.807) is 47.9 Å². The molecular weight excluding hydrogens is 444 g/mol. The lowest BCUT2D eigenvalue weighted by molar-refractivity contribution is -0.118. The predicted molar refractivity (Wildman–Crippen MR) is 130 cm³/mol. The van der Waals surface area contributed by atoms with Crippen LogP contribution in [0.25, 0.3) is 10.7 Å². The largest absolute Gasteiger partial charge is 0.324 e. The molecular formula is C22H20N6O2S2. The number of amides is 3. The first kappa shape index (κ1) is 21.5. The second-order valence-electron chi connectivity index (χ2n) is 6.89. The van der Waals surface area contributed by atoms with E-state index in [1.807, 2.05) is 35.7 Å². The number of carbonyl (C=O) groups is 2. The van der Waals surface area contributed by atoms with Gasteiger partial charge in [-0.05, 0) is 60.9 Å². The van der Waals surface area contributed by atoms with Gasteiger partial charge in [-0.15, -0.1) is 11.3 Å². The first-order chi connectivity index (χ1) is 15.5. The van der Waals surface area contributed by atoms with Crippen LogP contribution in [0.4, 0.5) is 21.9 Å². The van der Waals surface area contributed by atoms with Crippen molar-refractivity contribution in [2.24, 2.45) is 0 Å². The molecule has 10 heteroatoms. The fraction of sp³-hybridized carbons (Fsp3) is 0.0909. The molecule has 0 saturated heterocycles. The van der Waals surface area contributed by atoms with Crippen molar-refractivity contribution in [1.29, 1.82) is 0 Å². The first-order valence-electron chi connectivity index (χ1n) is 9.76. The third-order valence-electron chi connectivity index (χ3n) is 4.63. The molecule has 0 bridgehead atoms. The van der Waals surface area contributed by atoms with E-state index in [0.717, 1.165) is 4.88 Å². The van der Waals surface area contributed by atoms with Crippen LogP contribution in [0, 0.1) is 4.77 Å². The monoisotopic (exact) mass is 464 g/mol. The fourth-order valence-electron chi connectivity index (χ4n) is 3.10. The summed E-state index contributed by atoms with van der Waals surface area (Å²) in [6.45, 7) is 1.76. The minimum absolute atomic E-state index is 0.258. The zero-order chi connectivity index (χ0) is 22.5. The topological polar surface area (TPSA) is 104 Å². The summed E-state index contributed by atoms with van der Waals surface area (Å²) in [4.78, 5) is 26.1. The molecule has 32 heavy (non-hydrogen) atoms. The van der Waals surface area contributed by atoms with E-state index < -0.39 is 6.04 Å². The molecule has 2 aromatic carbocycles. The predicted octanol–water partition coefficient (Wildman–Crippen LogP) is 5.51. The summed E-state index contributed by atoms with van der Waals surface area (Å²) in [6, 6.07) is 18.9. The Balaban J connectivity index is 1.45. The van der Waals surface area contributed by atoms with Gasteiger partial charge in [-0.2, -0.15) is 5.10 Å². The Kier molecular flexibility index (Phi) is 6.43. The normalized spacial score (nSPS) is 11.5. The van der Waals surface area contributed by atoms with Crippen LogP contribution >= 0.6 is 23.6 Å². The molecule has 0 radical (unpaired) electrons. The van der Waals surface area contributed by atoms with E-state index in [1.165, 1.54) is 11.3 Å². The molecule has 0 aliphatic carbocycles. The first-order valence-corrected chi connectivity index (χ1v) is 11.0. The molecule has 2 heterocycles. The van der Waals surface area contributed by atoms with Crippen molar-refractivity contribution in [3.05, 3.63) is 76.9 Å². The van der Waals surface area contributed by atoms with Gasteiger partial charge < -0.3 is 16.0 Å². The lowest BCUT2D eigenvalue weighted by Gasteiger charge is -2.16. The number of anilines is 3. The number of hydrogen-bond acceptors (Lipinski definition) is 5. The van der Waals surface area contributed by atoms with Crippen molar-refractivity contribution in [1.82, 2.24) is 14.8 Å². The van der Waals surface area contributed by atoms with Crippen LogP contribution in [0.3, 0.4) is 0 Å². The molecule has 1 unspecified atom stereocenters. The summed E-state index contributed by atoms with van der Waals surface area (Å²) < 4.78 is 2.05. The summed E-state index contributed by atoms with van der Waals surface area (Å²) in [5.41, 5.74) is 1.77. The highest BCUT2D eigenvalue weighted by Gasteiger charge is 2.21. The number of aromatic amines is 1. The summed E-state index contributed by atoms with van der Waals surface area (Å²) in [5.74, 6) is 0.354. The van der Waals surface area contributed by atoms with Crippen molar-refractivity contribution in [2.45, 2.75) is 13.0 Å². The summed E-state index contributed by atoms with van der Waals surface area (Å²) in [6.07, 6.45) is 0. The molecule has 2 aromatic heterocycles. The van der Waals surface area contributed by atoms with Gasteiger partial charge in [0.25, 0.3) is 0 Å². The Morgan fingerprint density at radius 2 is 1.66 bits per heavy atom. The highest BCUT2D eigenvalue weighted by Crippen LogP contribution is 2.26. The zero-order valence-corrected chi connectivity index (χ0v) is 18.7. The SMILES string of the molecule is CC(C(=O)Nc1cccc(NC(=O)Nc2ccccc2)c1)n1c(-c2cccs2)n[nH]c1=S. The van der Waals surface area contributed by atoms with Crippen LogP contribution in [-0.2, 0) is 4.79 Å². The molecule has 0 saturated carbocycles. The minimum Gasteiger partial charge on any atom is -0.324 e. The average molecular weight is 465 g/mol. The van der Waals surface area contributed by atoms with Crippen LogP contribution in [0.2, 0.25) is 0 Å². The van der Waals surface area contributed by atoms with Crippen LogP contribution in [0.15, 0.2) is 72.1 Å². The lowest BCUT2D eigenvalue weighted by Crippen LogP contribution is -2.24. The Bertz CT molecular complexity index is 1280. The van der Waals surface area contributed by atoms with Gasteiger partial charge in [0.15, 0.2) is 10.6 Å². The second-order valence-corrected chi connectivity index (χ2v) is 8.23. The van der Waals surface area contributed by atoms with E-state index in [9.17, 15) is 9.59 Å². The number of H-pyrrole nitrogens is 1. The minimum atomic E-state index is -0.601.